The molecule has 1 N–H and O–H groups in total. The van der Waals surface area contributed by atoms with Gasteiger partial charge in [-0.3, -0.25) is 4.90 Å². The quantitative estimate of drug-likeness (QED) is 0.910. The van der Waals surface area contributed by atoms with Crippen LogP contribution < -0.4 is 4.90 Å². The van der Waals surface area contributed by atoms with Gasteiger partial charge in [-0.1, -0.05) is 29.9 Å². The average molecular weight is 276 g/mol. The van der Waals surface area contributed by atoms with Crippen molar-refractivity contribution in [1.82, 2.24) is 9.88 Å². The third-order valence-electron chi connectivity index (χ3n) is 2.96. The molecular formula is C11H18ClN3OS. The third kappa shape index (κ3) is 3.10. The lowest BCUT2D eigenvalue weighted by Crippen LogP contribution is -2.46. The first-order chi connectivity index (χ1) is 8.24. The number of hydrogen-bond donors (Lipinski definition) is 1. The van der Waals surface area contributed by atoms with Crippen LogP contribution in [0.1, 0.15) is 18.2 Å². The van der Waals surface area contributed by atoms with Crippen LogP contribution in [0, 0.1) is 0 Å². The van der Waals surface area contributed by atoms with Crippen molar-refractivity contribution in [2.45, 2.75) is 20.0 Å². The SMILES string of the molecule is CCCN1CCN(c2nc(Cl)c(CO)s2)CC1. The Kier molecular flexibility index (Phi) is 4.62. The van der Waals surface area contributed by atoms with Crippen LogP contribution in [0.15, 0.2) is 0 Å². The molecule has 1 fully saturated rings. The summed E-state index contributed by atoms with van der Waals surface area (Å²) in [6, 6.07) is 0. The normalized spacial score (nSPS) is 17.7. The summed E-state index contributed by atoms with van der Waals surface area (Å²) in [6.07, 6.45) is 1.21. The van der Waals surface area contributed by atoms with Gasteiger partial charge >= 0.3 is 0 Å². The Hall–Kier alpha value is -0.360. The molecule has 17 heavy (non-hydrogen) atoms. The average Bonchev–Trinajstić information content (AvgIpc) is 2.72. The summed E-state index contributed by atoms with van der Waals surface area (Å²) >= 11 is 7.44. The van der Waals surface area contributed by atoms with Gasteiger partial charge in [0.15, 0.2) is 5.13 Å². The molecule has 0 bridgehead atoms. The molecule has 1 aromatic heterocycles. The van der Waals surface area contributed by atoms with Crippen LogP contribution in [0.4, 0.5) is 5.13 Å². The van der Waals surface area contributed by atoms with Crippen LogP contribution in [0.3, 0.4) is 0 Å². The molecule has 0 atom stereocenters. The van der Waals surface area contributed by atoms with Gasteiger partial charge in [-0.05, 0) is 13.0 Å². The maximum atomic E-state index is 9.10. The Morgan fingerprint density at radius 1 is 1.35 bits per heavy atom. The number of aliphatic hydroxyl groups excluding tert-OH is 1. The third-order valence-corrected chi connectivity index (χ3v) is 4.49. The minimum atomic E-state index is -0.0215. The molecule has 1 saturated heterocycles. The molecule has 0 spiro atoms. The predicted octanol–water partition coefficient (Wildman–Crippen LogP) is 1.82. The lowest BCUT2D eigenvalue weighted by Gasteiger charge is -2.34. The van der Waals surface area contributed by atoms with Crippen molar-refractivity contribution in [1.29, 1.82) is 0 Å². The van der Waals surface area contributed by atoms with Crippen molar-refractivity contribution in [3.63, 3.8) is 0 Å². The van der Waals surface area contributed by atoms with E-state index in [1.165, 1.54) is 24.3 Å². The molecule has 0 unspecified atom stereocenters. The molecule has 1 aromatic rings. The number of thiazole rings is 1. The highest BCUT2D eigenvalue weighted by Crippen LogP contribution is 2.30. The van der Waals surface area contributed by atoms with Gasteiger partial charge in [-0.15, -0.1) is 0 Å². The molecule has 6 heteroatoms. The summed E-state index contributed by atoms with van der Waals surface area (Å²) in [5.41, 5.74) is 0. The number of nitrogens with zero attached hydrogens (tertiary/aromatic N) is 3. The largest absolute Gasteiger partial charge is 0.391 e. The van der Waals surface area contributed by atoms with E-state index in [1.54, 1.807) is 0 Å². The van der Waals surface area contributed by atoms with E-state index < -0.39 is 0 Å². The molecule has 0 saturated carbocycles. The molecule has 1 aliphatic rings. The smallest absolute Gasteiger partial charge is 0.187 e. The fourth-order valence-corrected chi connectivity index (χ4v) is 3.20. The number of rotatable bonds is 4. The number of halogens is 1. The molecule has 0 amide bonds. The fraction of sp³-hybridized carbons (Fsp3) is 0.727. The standard InChI is InChI=1S/C11H18ClN3OS/c1-2-3-14-4-6-15(7-5-14)11-13-10(12)9(8-16)17-11/h16H,2-8H2,1H3. The van der Waals surface area contributed by atoms with Crippen LogP contribution in [0.5, 0.6) is 0 Å². The highest BCUT2D eigenvalue weighted by molar-refractivity contribution is 7.16. The molecule has 1 aliphatic heterocycles. The molecule has 96 valence electrons. The minimum Gasteiger partial charge on any atom is -0.391 e. The first-order valence-corrected chi connectivity index (χ1v) is 7.17. The maximum absolute atomic E-state index is 9.10. The van der Waals surface area contributed by atoms with Gasteiger partial charge in [0.05, 0.1) is 11.5 Å². The Labute approximate surface area is 111 Å². The van der Waals surface area contributed by atoms with E-state index >= 15 is 0 Å². The zero-order valence-electron chi connectivity index (χ0n) is 10.0. The Bertz CT molecular complexity index is 364. The van der Waals surface area contributed by atoms with Gasteiger partial charge in [0, 0.05) is 26.2 Å². The lowest BCUT2D eigenvalue weighted by atomic mass is 10.3. The number of anilines is 1. The van der Waals surface area contributed by atoms with Crippen molar-refractivity contribution in [3.05, 3.63) is 10.0 Å². The number of aliphatic hydroxyl groups is 1. The number of hydrogen-bond acceptors (Lipinski definition) is 5. The van der Waals surface area contributed by atoms with E-state index in [2.05, 4.69) is 21.7 Å². The van der Waals surface area contributed by atoms with E-state index in [0.29, 0.717) is 5.15 Å². The topological polar surface area (TPSA) is 39.6 Å². The Morgan fingerprint density at radius 2 is 2.06 bits per heavy atom. The van der Waals surface area contributed by atoms with Gasteiger partial charge < -0.3 is 10.0 Å². The second-order valence-electron chi connectivity index (χ2n) is 4.20. The zero-order valence-corrected chi connectivity index (χ0v) is 11.6. The molecule has 0 radical (unpaired) electrons. The van der Waals surface area contributed by atoms with E-state index in [9.17, 15) is 0 Å². The first kappa shape index (κ1) is 13.1. The molecule has 0 aromatic carbocycles. The molecule has 2 heterocycles. The summed E-state index contributed by atoms with van der Waals surface area (Å²) in [5, 5.41) is 10.5. The van der Waals surface area contributed by atoms with Gasteiger partial charge in [-0.2, -0.15) is 0 Å². The Morgan fingerprint density at radius 3 is 2.59 bits per heavy atom. The summed E-state index contributed by atoms with van der Waals surface area (Å²) < 4.78 is 0. The maximum Gasteiger partial charge on any atom is 0.187 e. The van der Waals surface area contributed by atoms with Gasteiger partial charge in [-0.25, -0.2) is 4.98 Å². The second kappa shape index (κ2) is 6.00. The van der Waals surface area contributed by atoms with Gasteiger partial charge in [0.2, 0.25) is 0 Å². The van der Waals surface area contributed by atoms with E-state index in [1.807, 2.05) is 0 Å². The molecule has 2 rings (SSSR count). The number of piperazine rings is 1. The Balaban J connectivity index is 1.95. The van der Waals surface area contributed by atoms with E-state index in [0.717, 1.165) is 36.2 Å². The summed E-state index contributed by atoms with van der Waals surface area (Å²) in [5.74, 6) is 0. The molecule has 4 nitrogen and oxygen atoms in total. The second-order valence-corrected chi connectivity index (χ2v) is 5.62. The number of aromatic nitrogens is 1. The highest BCUT2D eigenvalue weighted by atomic mass is 35.5. The van der Waals surface area contributed by atoms with E-state index in [-0.39, 0.29) is 6.61 Å². The summed E-state index contributed by atoms with van der Waals surface area (Å²) in [6.45, 7) is 7.52. The van der Waals surface area contributed by atoms with Crippen molar-refractivity contribution >= 4 is 28.1 Å². The first-order valence-electron chi connectivity index (χ1n) is 5.98. The fourth-order valence-electron chi connectivity index (χ4n) is 2.03. The minimum absolute atomic E-state index is 0.0215. The molecular weight excluding hydrogens is 258 g/mol. The van der Waals surface area contributed by atoms with Crippen molar-refractivity contribution in [2.75, 3.05) is 37.6 Å². The van der Waals surface area contributed by atoms with Crippen LogP contribution in [-0.2, 0) is 6.61 Å². The zero-order chi connectivity index (χ0) is 12.3. The van der Waals surface area contributed by atoms with Crippen molar-refractivity contribution < 1.29 is 5.11 Å². The van der Waals surface area contributed by atoms with Crippen LogP contribution in [0.25, 0.3) is 0 Å². The predicted molar refractivity (Wildman–Crippen MR) is 72.0 cm³/mol. The monoisotopic (exact) mass is 275 g/mol. The lowest BCUT2D eigenvalue weighted by molar-refractivity contribution is 0.258. The summed E-state index contributed by atoms with van der Waals surface area (Å²) in [7, 11) is 0. The van der Waals surface area contributed by atoms with Crippen LogP contribution in [0.2, 0.25) is 5.15 Å². The van der Waals surface area contributed by atoms with Gasteiger partial charge in [0.25, 0.3) is 0 Å². The van der Waals surface area contributed by atoms with Crippen LogP contribution in [-0.4, -0.2) is 47.7 Å². The molecule has 0 aliphatic carbocycles. The van der Waals surface area contributed by atoms with Gasteiger partial charge in [0.1, 0.15) is 5.15 Å². The summed E-state index contributed by atoms with van der Waals surface area (Å²) in [4.78, 5) is 9.79. The van der Waals surface area contributed by atoms with Crippen molar-refractivity contribution in [3.8, 4) is 0 Å². The van der Waals surface area contributed by atoms with Crippen molar-refractivity contribution in [2.24, 2.45) is 0 Å². The van der Waals surface area contributed by atoms with E-state index in [4.69, 9.17) is 16.7 Å². The van der Waals surface area contributed by atoms with Crippen LogP contribution >= 0.6 is 22.9 Å². The highest BCUT2D eigenvalue weighted by Gasteiger charge is 2.20.